The van der Waals surface area contributed by atoms with E-state index in [1.807, 2.05) is 45.9 Å². The van der Waals surface area contributed by atoms with Gasteiger partial charge in [0, 0.05) is 17.0 Å². The monoisotopic (exact) mass is 440 g/mol. The minimum absolute atomic E-state index is 0.0302. The van der Waals surface area contributed by atoms with Gasteiger partial charge in [0.15, 0.2) is 5.67 Å². The summed E-state index contributed by atoms with van der Waals surface area (Å²) in [6.45, 7) is 7.84. The van der Waals surface area contributed by atoms with Gasteiger partial charge in [-0.1, -0.05) is 32.0 Å². The Bertz CT molecular complexity index is 1320. The number of amides is 1. The fourth-order valence-corrected chi connectivity index (χ4v) is 4.22. The number of halogens is 1. The number of alkyl halides is 1. The summed E-state index contributed by atoms with van der Waals surface area (Å²) >= 11 is 0. The maximum Gasteiger partial charge on any atom is 0.254 e. The van der Waals surface area contributed by atoms with E-state index in [0.29, 0.717) is 28.1 Å². The Hall–Kier alpha value is -3.90. The molecule has 1 aromatic heterocycles. The summed E-state index contributed by atoms with van der Waals surface area (Å²) in [7, 11) is 0. The number of carbonyl (C=O) groups excluding carboxylic acids is 1. The van der Waals surface area contributed by atoms with Crippen molar-refractivity contribution in [1.29, 1.82) is 5.26 Å². The molecular formula is C27H25FN4O. The van der Waals surface area contributed by atoms with Crippen molar-refractivity contribution < 1.29 is 9.18 Å². The van der Waals surface area contributed by atoms with E-state index in [1.54, 1.807) is 24.3 Å². The van der Waals surface area contributed by atoms with E-state index in [0.717, 1.165) is 22.5 Å². The van der Waals surface area contributed by atoms with Crippen LogP contribution >= 0.6 is 0 Å². The second kappa shape index (κ2) is 8.22. The van der Waals surface area contributed by atoms with Crippen molar-refractivity contribution in [2.24, 2.45) is 0 Å². The minimum atomic E-state index is -1.61. The molecule has 1 fully saturated rings. The molecule has 1 aliphatic heterocycles. The van der Waals surface area contributed by atoms with Gasteiger partial charge in [-0.2, -0.15) is 5.26 Å². The number of aromatic amines is 1. The molecule has 1 N–H and O–H groups in total. The van der Waals surface area contributed by atoms with Crippen LogP contribution in [0.15, 0.2) is 36.4 Å². The minimum Gasteiger partial charge on any atom is -0.341 e. The largest absolute Gasteiger partial charge is 0.341 e. The molecule has 1 saturated heterocycles. The first kappa shape index (κ1) is 22.3. The van der Waals surface area contributed by atoms with Crippen molar-refractivity contribution in [1.82, 2.24) is 14.9 Å². The summed E-state index contributed by atoms with van der Waals surface area (Å²) in [4.78, 5) is 22.6. The lowest BCUT2D eigenvalue weighted by molar-refractivity contribution is -0.0231. The van der Waals surface area contributed by atoms with Crippen molar-refractivity contribution >= 4 is 5.91 Å². The molecule has 0 aliphatic carbocycles. The zero-order chi connectivity index (χ0) is 23.9. The summed E-state index contributed by atoms with van der Waals surface area (Å²) in [5.41, 5.74) is 3.69. The topological polar surface area (TPSA) is 72.8 Å². The number of likely N-dealkylation sites (tertiary alicyclic amines) is 1. The molecule has 166 valence electrons. The zero-order valence-corrected chi connectivity index (χ0v) is 19.2. The normalized spacial score (nSPS) is 14.5. The predicted molar refractivity (Wildman–Crippen MR) is 125 cm³/mol. The Kier molecular flexibility index (Phi) is 5.56. The molecule has 0 bridgehead atoms. The fourth-order valence-electron chi connectivity index (χ4n) is 4.22. The lowest BCUT2D eigenvalue weighted by Crippen LogP contribution is -2.58. The number of terminal acetylenes is 1. The number of nitrogens with one attached hydrogen (secondary N) is 1. The number of aryl methyl sites for hydroxylation is 2. The summed E-state index contributed by atoms with van der Waals surface area (Å²) < 4.78 is 15.4. The molecule has 3 aromatic rings. The highest BCUT2D eigenvalue weighted by molar-refractivity contribution is 5.98. The molecule has 0 spiro atoms. The van der Waals surface area contributed by atoms with Gasteiger partial charge >= 0.3 is 0 Å². The Labute approximate surface area is 193 Å². The molecule has 0 radical (unpaired) electrons. The third-order valence-corrected chi connectivity index (χ3v) is 6.18. The first-order valence-corrected chi connectivity index (χ1v) is 10.8. The van der Waals surface area contributed by atoms with Gasteiger partial charge in [0.25, 0.3) is 5.91 Å². The highest BCUT2D eigenvalue weighted by Crippen LogP contribution is 2.38. The molecular weight excluding hydrogens is 415 g/mol. The van der Waals surface area contributed by atoms with Crippen LogP contribution in [0.5, 0.6) is 0 Å². The van der Waals surface area contributed by atoms with Crippen molar-refractivity contribution in [2.75, 3.05) is 13.1 Å². The lowest BCUT2D eigenvalue weighted by Gasteiger charge is -2.45. The molecule has 1 aliphatic rings. The lowest BCUT2D eigenvalue weighted by atomic mass is 9.86. The van der Waals surface area contributed by atoms with E-state index in [9.17, 15) is 4.79 Å². The number of nitriles is 1. The smallest absolute Gasteiger partial charge is 0.254 e. The Balaban J connectivity index is 1.62. The third kappa shape index (κ3) is 3.90. The number of nitrogens with zero attached hydrogens (tertiary/aromatic N) is 3. The van der Waals surface area contributed by atoms with Crippen LogP contribution in [-0.4, -0.2) is 33.9 Å². The second-order valence-corrected chi connectivity index (χ2v) is 8.94. The van der Waals surface area contributed by atoms with E-state index >= 15 is 4.39 Å². The maximum atomic E-state index is 15.4. The SMILES string of the molecule is C#Cc1nc(C(C)C)[nH]c1-c1cc(C(=O)N2CC(F)(c3ccc(C#N)cc3)C2)c(C)cc1C. The number of H-pyrrole nitrogens is 1. The van der Waals surface area contributed by atoms with E-state index in [2.05, 4.69) is 15.9 Å². The number of hydrogen-bond donors (Lipinski definition) is 1. The molecule has 0 saturated carbocycles. The highest BCUT2D eigenvalue weighted by atomic mass is 19.1. The van der Waals surface area contributed by atoms with E-state index in [4.69, 9.17) is 11.7 Å². The van der Waals surface area contributed by atoms with Crippen molar-refractivity contribution in [3.63, 3.8) is 0 Å². The fraction of sp³-hybridized carbons (Fsp3) is 0.296. The Morgan fingerprint density at radius 1 is 1.21 bits per heavy atom. The summed E-state index contributed by atoms with van der Waals surface area (Å²) in [5, 5.41) is 8.94. The molecule has 6 heteroatoms. The summed E-state index contributed by atoms with van der Waals surface area (Å²) in [6, 6.07) is 12.2. The first-order valence-electron chi connectivity index (χ1n) is 10.8. The van der Waals surface area contributed by atoms with Gasteiger partial charge in [0.2, 0.25) is 0 Å². The molecule has 2 heterocycles. The molecule has 4 rings (SSSR count). The number of benzene rings is 2. The Morgan fingerprint density at radius 2 is 1.88 bits per heavy atom. The van der Waals surface area contributed by atoms with Gasteiger partial charge in [-0.25, -0.2) is 9.37 Å². The van der Waals surface area contributed by atoms with Crippen LogP contribution in [0, 0.1) is 37.5 Å². The first-order chi connectivity index (χ1) is 15.7. The average Bonchev–Trinajstić information content (AvgIpc) is 3.21. The molecule has 0 atom stereocenters. The van der Waals surface area contributed by atoms with Crippen molar-refractivity contribution in [3.8, 4) is 29.7 Å². The van der Waals surface area contributed by atoms with Crippen molar-refractivity contribution in [2.45, 2.75) is 39.3 Å². The van der Waals surface area contributed by atoms with Crippen LogP contribution in [-0.2, 0) is 5.67 Å². The van der Waals surface area contributed by atoms with Gasteiger partial charge in [0.05, 0.1) is 30.4 Å². The van der Waals surface area contributed by atoms with Crippen molar-refractivity contribution in [3.05, 3.63) is 75.7 Å². The molecule has 2 aromatic carbocycles. The number of rotatable bonds is 4. The maximum absolute atomic E-state index is 15.4. The van der Waals surface area contributed by atoms with Gasteiger partial charge in [-0.15, -0.1) is 6.42 Å². The second-order valence-electron chi connectivity index (χ2n) is 8.94. The van der Waals surface area contributed by atoms with Crippen LogP contribution in [0.1, 0.15) is 63.9 Å². The molecule has 0 unspecified atom stereocenters. The summed E-state index contributed by atoms with van der Waals surface area (Å²) in [6.07, 6.45) is 5.69. The number of imidazole rings is 1. The predicted octanol–water partition coefficient (Wildman–Crippen LogP) is 4.99. The van der Waals surface area contributed by atoms with Crippen LogP contribution in [0.25, 0.3) is 11.3 Å². The average molecular weight is 441 g/mol. The molecule has 1 amide bonds. The van der Waals surface area contributed by atoms with E-state index < -0.39 is 5.67 Å². The van der Waals surface area contributed by atoms with E-state index in [-0.39, 0.29) is 24.9 Å². The quantitative estimate of drug-likeness (QED) is 0.581. The van der Waals surface area contributed by atoms with Gasteiger partial charge in [-0.3, -0.25) is 4.79 Å². The summed E-state index contributed by atoms with van der Waals surface area (Å²) in [5.74, 6) is 3.38. The Morgan fingerprint density at radius 3 is 2.45 bits per heavy atom. The zero-order valence-electron chi connectivity index (χ0n) is 19.2. The standard InChI is InChI=1S/C27H25FN4O/c1-6-23-24(31-25(30-23)16(2)3)21-12-22(18(5)11-17(21)4)26(33)32-14-27(28,15-32)20-9-7-19(13-29)8-10-20/h1,7-12,16H,14-15H2,2-5H3,(H,30,31). The highest BCUT2D eigenvalue weighted by Gasteiger charge is 2.47. The van der Waals surface area contributed by atoms with Gasteiger partial charge in [0.1, 0.15) is 11.5 Å². The number of hydrogen-bond acceptors (Lipinski definition) is 3. The van der Waals surface area contributed by atoms with Crippen LogP contribution < -0.4 is 0 Å². The van der Waals surface area contributed by atoms with Crippen LogP contribution in [0.4, 0.5) is 4.39 Å². The van der Waals surface area contributed by atoms with E-state index in [1.165, 1.54) is 4.90 Å². The number of carbonyl (C=O) groups is 1. The molecule has 5 nitrogen and oxygen atoms in total. The third-order valence-electron chi connectivity index (χ3n) is 6.18. The van der Waals surface area contributed by atoms with Crippen LogP contribution in [0.2, 0.25) is 0 Å². The van der Waals surface area contributed by atoms with Crippen LogP contribution in [0.3, 0.4) is 0 Å². The number of aromatic nitrogens is 2. The van der Waals surface area contributed by atoms with Gasteiger partial charge in [-0.05, 0) is 54.7 Å². The van der Waals surface area contributed by atoms with Gasteiger partial charge < -0.3 is 9.88 Å². The molecule has 33 heavy (non-hydrogen) atoms.